The number of oxime groups is 1. The summed E-state index contributed by atoms with van der Waals surface area (Å²) in [5.74, 6) is -0.432. The maximum Gasteiger partial charge on any atom is 0.364 e. The van der Waals surface area contributed by atoms with E-state index in [9.17, 15) is 9.59 Å². The van der Waals surface area contributed by atoms with Crippen LogP contribution in [0.25, 0.3) is 0 Å². The van der Waals surface area contributed by atoms with Gasteiger partial charge >= 0.3 is 5.97 Å². The molecule has 5 heteroatoms. The summed E-state index contributed by atoms with van der Waals surface area (Å²) < 4.78 is 4.75. The van der Waals surface area contributed by atoms with Crippen LogP contribution < -0.4 is 0 Å². The van der Waals surface area contributed by atoms with E-state index in [1.807, 2.05) is 0 Å². The summed E-state index contributed by atoms with van der Waals surface area (Å²) >= 11 is 0. The Morgan fingerprint density at radius 2 is 1.83 bits per heavy atom. The van der Waals surface area contributed by atoms with Crippen molar-refractivity contribution in [2.75, 3.05) is 6.61 Å². The Bertz CT molecular complexity index is 330. The minimum absolute atomic E-state index is 0.00461. The van der Waals surface area contributed by atoms with Crippen molar-refractivity contribution in [1.82, 2.24) is 0 Å². The first-order valence-corrected chi connectivity index (χ1v) is 6.46. The Morgan fingerprint density at radius 1 is 1.22 bits per heavy atom. The van der Waals surface area contributed by atoms with Crippen molar-refractivity contribution < 1.29 is 19.2 Å². The van der Waals surface area contributed by atoms with E-state index in [-0.39, 0.29) is 18.4 Å². The van der Waals surface area contributed by atoms with E-state index in [2.05, 4.69) is 12.1 Å². The monoisotopic (exact) mass is 255 g/mol. The fraction of sp³-hybridized carbons (Fsp3) is 0.769. The lowest BCUT2D eigenvalue weighted by Crippen LogP contribution is -2.26. The van der Waals surface area contributed by atoms with E-state index < -0.39 is 11.8 Å². The molecule has 18 heavy (non-hydrogen) atoms. The third-order valence-corrected chi connectivity index (χ3v) is 3.06. The predicted molar refractivity (Wildman–Crippen MR) is 67.3 cm³/mol. The smallest absolute Gasteiger partial charge is 0.364 e. The minimum Gasteiger partial charge on any atom is -0.461 e. The lowest BCUT2D eigenvalue weighted by molar-refractivity contribution is -0.136. The molecule has 0 atom stereocenters. The van der Waals surface area contributed by atoms with Crippen molar-refractivity contribution in [3.8, 4) is 0 Å². The number of Topliss-reactive ketones (excluding diaryl/α,β-unsaturated/α-hetero) is 1. The molecular formula is C13H21NO4. The summed E-state index contributed by atoms with van der Waals surface area (Å²) in [5, 5.41) is 3.68. The van der Waals surface area contributed by atoms with Crippen LogP contribution in [0.3, 0.4) is 0 Å². The molecule has 102 valence electrons. The highest BCUT2D eigenvalue weighted by Crippen LogP contribution is 2.25. The maximum atomic E-state index is 11.5. The Kier molecular flexibility index (Phi) is 5.82. The third kappa shape index (κ3) is 4.47. The molecule has 1 aliphatic rings. The highest BCUT2D eigenvalue weighted by Gasteiger charge is 2.22. The van der Waals surface area contributed by atoms with Gasteiger partial charge in [0, 0.05) is 6.92 Å². The standard InChI is InChI=1S/C13H21NO4/c1-4-17-13(16)12(10(3)15)14-18-11-7-5-9(2)6-8-11/h9,11H,4-8H2,1-3H3/b14-12-. The van der Waals surface area contributed by atoms with E-state index in [0.29, 0.717) is 5.92 Å². The summed E-state index contributed by atoms with van der Waals surface area (Å²) in [6.07, 6.45) is 4.02. The van der Waals surface area contributed by atoms with Crippen molar-refractivity contribution in [3.63, 3.8) is 0 Å². The van der Waals surface area contributed by atoms with Crippen LogP contribution in [0.4, 0.5) is 0 Å². The van der Waals surface area contributed by atoms with Gasteiger partial charge in [-0.2, -0.15) is 0 Å². The quantitative estimate of drug-likeness (QED) is 0.326. The van der Waals surface area contributed by atoms with Gasteiger partial charge in [-0.3, -0.25) is 4.79 Å². The number of ketones is 1. The Morgan fingerprint density at radius 3 is 2.33 bits per heavy atom. The molecule has 0 aromatic rings. The van der Waals surface area contributed by atoms with Crippen LogP contribution in [0.2, 0.25) is 0 Å². The Balaban J connectivity index is 2.55. The lowest BCUT2D eigenvalue weighted by Gasteiger charge is -2.24. The third-order valence-electron chi connectivity index (χ3n) is 3.06. The molecule has 0 aromatic carbocycles. The fourth-order valence-electron chi connectivity index (χ4n) is 1.91. The van der Waals surface area contributed by atoms with Gasteiger partial charge in [0.1, 0.15) is 6.10 Å². The van der Waals surface area contributed by atoms with E-state index >= 15 is 0 Å². The number of carbonyl (C=O) groups is 2. The van der Waals surface area contributed by atoms with Gasteiger partial charge < -0.3 is 9.57 Å². The number of ether oxygens (including phenoxy) is 1. The second-order valence-electron chi connectivity index (χ2n) is 4.70. The number of rotatable bonds is 5. The number of hydrogen-bond donors (Lipinski definition) is 0. The van der Waals surface area contributed by atoms with Crippen LogP contribution in [-0.4, -0.2) is 30.2 Å². The zero-order valence-electron chi connectivity index (χ0n) is 11.3. The second-order valence-corrected chi connectivity index (χ2v) is 4.70. The summed E-state index contributed by atoms with van der Waals surface area (Å²) in [6, 6.07) is 0. The summed E-state index contributed by atoms with van der Waals surface area (Å²) in [7, 11) is 0. The van der Waals surface area contributed by atoms with Gasteiger partial charge in [0.25, 0.3) is 0 Å². The van der Waals surface area contributed by atoms with Crippen molar-refractivity contribution in [1.29, 1.82) is 0 Å². The maximum absolute atomic E-state index is 11.5. The normalized spacial score (nSPS) is 24.5. The molecule has 0 aromatic heterocycles. The highest BCUT2D eigenvalue weighted by molar-refractivity contribution is 6.63. The summed E-state index contributed by atoms with van der Waals surface area (Å²) in [4.78, 5) is 28.0. The first-order chi connectivity index (χ1) is 8.54. The average molecular weight is 255 g/mol. The molecule has 0 saturated heterocycles. The SMILES string of the molecule is CCOC(=O)/C(=N\OC1CCC(C)CC1)C(C)=O. The van der Waals surface area contributed by atoms with Crippen LogP contribution in [0, 0.1) is 5.92 Å². The zero-order valence-corrected chi connectivity index (χ0v) is 11.3. The fourth-order valence-corrected chi connectivity index (χ4v) is 1.91. The number of carbonyl (C=O) groups excluding carboxylic acids is 2. The molecule has 1 fully saturated rings. The first-order valence-electron chi connectivity index (χ1n) is 6.46. The van der Waals surface area contributed by atoms with Gasteiger partial charge in [0.15, 0.2) is 5.78 Å². The number of hydrogen-bond acceptors (Lipinski definition) is 5. The Labute approximate surface area is 108 Å². The van der Waals surface area contributed by atoms with E-state index in [1.54, 1.807) is 6.92 Å². The molecule has 0 unspecified atom stereocenters. The van der Waals surface area contributed by atoms with Crippen molar-refractivity contribution in [3.05, 3.63) is 0 Å². The molecule has 1 rings (SSSR count). The van der Waals surface area contributed by atoms with Gasteiger partial charge in [-0.15, -0.1) is 0 Å². The molecule has 0 bridgehead atoms. The van der Waals surface area contributed by atoms with Crippen LogP contribution in [0.1, 0.15) is 46.5 Å². The van der Waals surface area contributed by atoms with Crippen molar-refractivity contribution in [2.45, 2.75) is 52.6 Å². The van der Waals surface area contributed by atoms with Gasteiger partial charge in [-0.05, 0) is 38.5 Å². The van der Waals surface area contributed by atoms with Gasteiger partial charge in [0.2, 0.25) is 5.71 Å². The average Bonchev–Trinajstić information content (AvgIpc) is 2.31. The highest BCUT2D eigenvalue weighted by atomic mass is 16.6. The van der Waals surface area contributed by atoms with Crippen LogP contribution in [0.15, 0.2) is 5.16 Å². The minimum atomic E-state index is -0.714. The largest absolute Gasteiger partial charge is 0.461 e. The summed E-state index contributed by atoms with van der Waals surface area (Å²) in [5.41, 5.74) is -0.254. The Hall–Kier alpha value is -1.39. The lowest BCUT2D eigenvalue weighted by atomic mass is 9.89. The van der Waals surface area contributed by atoms with E-state index in [0.717, 1.165) is 25.7 Å². The van der Waals surface area contributed by atoms with E-state index in [1.165, 1.54) is 6.92 Å². The topological polar surface area (TPSA) is 65.0 Å². The van der Waals surface area contributed by atoms with Crippen LogP contribution in [-0.2, 0) is 19.2 Å². The number of nitrogens with zero attached hydrogens (tertiary/aromatic N) is 1. The van der Waals surface area contributed by atoms with Crippen molar-refractivity contribution >= 4 is 17.5 Å². The molecule has 0 heterocycles. The van der Waals surface area contributed by atoms with Gasteiger partial charge in [-0.1, -0.05) is 12.1 Å². The van der Waals surface area contributed by atoms with Gasteiger partial charge in [0.05, 0.1) is 6.61 Å². The first kappa shape index (κ1) is 14.7. The predicted octanol–water partition coefficient (Wildman–Crippen LogP) is 2.09. The molecule has 0 N–H and O–H groups in total. The molecule has 0 amide bonds. The second kappa shape index (κ2) is 7.13. The van der Waals surface area contributed by atoms with Crippen LogP contribution >= 0.6 is 0 Å². The summed E-state index contributed by atoms with van der Waals surface area (Å²) in [6.45, 7) is 5.38. The molecule has 1 saturated carbocycles. The molecule has 0 spiro atoms. The molecular weight excluding hydrogens is 234 g/mol. The zero-order chi connectivity index (χ0) is 13.5. The molecule has 0 aliphatic heterocycles. The van der Waals surface area contributed by atoms with Gasteiger partial charge in [-0.25, -0.2) is 4.79 Å². The molecule has 5 nitrogen and oxygen atoms in total. The van der Waals surface area contributed by atoms with Crippen LogP contribution in [0.5, 0.6) is 0 Å². The molecule has 0 radical (unpaired) electrons. The molecule has 1 aliphatic carbocycles. The van der Waals surface area contributed by atoms with E-state index in [4.69, 9.17) is 9.57 Å². The van der Waals surface area contributed by atoms with Crippen molar-refractivity contribution in [2.24, 2.45) is 11.1 Å². The number of esters is 1.